The molecule has 0 heterocycles. The molecule has 0 aromatic heterocycles. The van der Waals surface area contributed by atoms with E-state index in [1.165, 1.54) is 6.92 Å². The van der Waals surface area contributed by atoms with E-state index in [0.29, 0.717) is 0 Å². The molecule has 0 aromatic rings. The molecule has 0 fully saturated rings. The Balaban J connectivity index is 3.56. The van der Waals surface area contributed by atoms with Crippen molar-refractivity contribution in [3.8, 4) is 0 Å². The molecule has 2 N–H and O–H groups in total. The summed E-state index contributed by atoms with van der Waals surface area (Å²) in [7, 11) is 0. The van der Waals surface area contributed by atoms with Crippen molar-refractivity contribution < 1.29 is 19.1 Å². The summed E-state index contributed by atoms with van der Waals surface area (Å²) >= 11 is 0. The zero-order valence-corrected chi connectivity index (χ0v) is 7.91. The van der Waals surface area contributed by atoms with E-state index in [1.54, 1.807) is 0 Å². The number of carbonyl (C=O) groups excluding carboxylic acids is 2. The fraction of sp³-hybridized carbons (Fsp3) is 0.750. The van der Waals surface area contributed by atoms with Crippen LogP contribution in [0, 0.1) is 0 Å². The predicted molar refractivity (Wildman–Crippen MR) is 46.0 cm³/mol. The van der Waals surface area contributed by atoms with Gasteiger partial charge in [-0.1, -0.05) is 13.3 Å². The second kappa shape index (κ2) is 6.42. The summed E-state index contributed by atoms with van der Waals surface area (Å²) in [6.45, 7) is 3.66. The van der Waals surface area contributed by atoms with E-state index in [2.05, 4.69) is 9.47 Å². The summed E-state index contributed by atoms with van der Waals surface area (Å²) in [6.07, 6.45) is 0.687. The van der Waals surface area contributed by atoms with E-state index in [1.807, 2.05) is 6.92 Å². The van der Waals surface area contributed by atoms with Crippen LogP contribution < -0.4 is 5.73 Å². The third-order valence-corrected chi connectivity index (χ3v) is 1.27. The molecule has 0 bridgehead atoms. The first-order chi connectivity index (χ1) is 6.07. The molecular formula is C8H15NO4. The molecule has 0 radical (unpaired) electrons. The van der Waals surface area contributed by atoms with Crippen LogP contribution in [-0.4, -0.2) is 24.8 Å². The largest absolute Gasteiger partial charge is 0.516 e. The highest BCUT2D eigenvalue weighted by Gasteiger charge is 2.14. The summed E-state index contributed by atoms with van der Waals surface area (Å²) in [4.78, 5) is 21.4. The lowest BCUT2D eigenvalue weighted by atomic mass is 10.4. The first-order valence-electron chi connectivity index (χ1n) is 4.22. The van der Waals surface area contributed by atoms with Crippen LogP contribution in [-0.2, 0) is 14.3 Å². The number of carbonyl (C=O) groups is 2. The van der Waals surface area contributed by atoms with Gasteiger partial charge < -0.3 is 15.2 Å². The van der Waals surface area contributed by atoms with Crippen LogP contribution >= 0.6 is 0 Å². The Bertz CT molecular complexity index is 179. The molecule has 0 unspecified atom stereocenters. The van der Waals surface area contributed by atoms with Gasteiger partial charge in [0.25, 0.3) is 0 Å². The van der Waals surface area contributed by atoms with Gasteiger partial charge in [0.2, 0.25) is 0 Å². The fourth-order valence-corrected chi connectivity index (χ4v) is 0.504. The van der Waals surface area contributed by atoms with Gasteiger partial charge in [0, 0.05) is 0 Å². The van der Waals surface area contributed by atoms with E-state index in [4.69, 9.17) is 5.73 Å². The van der Waals surface area contributed by atoms with Gasteiger partial charge in [0.15, 0.2) is 0 Å². The maximum atomic E-state index is 10.7. The maximum absolute atomic E-state index is 10.7. The molecule has 5 nitrogen and oxygen atoms in total. The quantitative estimate of drug-likeness (QED) is 0.402. The number of ether oxygens (including phenoxy) is 2. The van der Waals surface area contributed by atoms with Crippen LogP contribution in [0.4, 0.5) is 4.79 Å². The maximum Gasteiger partial charge on any atom is 0.516 e. The minimum absolute atomic E-state index is 0.265. The Hall–Kier alpha value is -1.10. The first-order valence-corrected chi connectivity index (χ1v) is 4.22. The second-order valence-electron chi connectivity index (χ2n) is 2.66. The number of hydrogen-bond acceptors (Lipinski definition) is 5. The van der Waals surface area contributed by atoms with Gasteiger partial charge in [0.1, 0.15) is 6.04 Å². The minimum atomic E-state index is -0.976. The van der Waals surface area contributed by atoms with Crippen LogP contribution in [0.3, 0.4) is 0 Å². The van der Waals surface area contributed by atoms with Gasteiger partial charge in [-0.3, -0.25) is 0 Å². The molecule has 0 aromatic carbocycles. The zero-order chi connectivity index (χ0) is 10.3. The van der Waals surface area contributed by atoms with E-state index in [-0.39, 0.29) is 6.61 Å². The van der Waals surface area contributed by atoms with Gasteiger partial charge in [-0.25, -0.2) is 9.59 Å². The lowest BCUT2D eigenvalue weighted by Crippen LogP contribution is -2.30. The average molecular weight is 189 g/mol. The Kier molecular flexibility index (Phi) is 5.88. The third kappa shape index (κ3) is 6.10. The Morgan fingerprint density at radius 2 is 2.08 bits per heavy atom. The van der Waals surface area contributed by atoms with Gasteiger partial charge in [-0.2, -0.15) is 0 Å². The lowest BCUT2D eigenvalue weighted by Gasteiger charge is -2.05. The van der Waals surface area contributed by atoms with Gasteiger partial charge in [0.05, 0.1) is 6.61 Å². The van der Waals surface area contributed by atoms with Crippen molar-refractivity contribution in [2.24, 2.45) is 5.73 Å². The summed E-state index contributed by atoms with van der Waals surface area (Å²) in [5.41, 5.74) is 5.16. The van der Waals surface area contributed by atoms with Crippen molar-refractivity contribution >= 4 is 12.1 Å². The van der Waals surface area contributed by atoms with Gasteiger partial charge >= 0.3 is 12.1 Å². The fourth-order valence-electron chi connectivity index (χ4n) is 0.504. The monoisotopic (exact) mass is 189 g/mol. The summed E-state index contributed by atoms with van der Waals surface area (Å²) in [5.74, 6) is -0.776. The van der Waals surface area contributed by atoms with Crippen LogP contribution in [0.2, 0.25) is 0 Å². The first kappa shape index (κ1) is 11.9. The van der Waals surface area contributed by atoms with E-state index in [0.717, 1.165) is 12.8 Å². The molecule has 0 aliphatic rings. The van der Waals surface area contributed by atoms with Crippen molar-refractivity contribution in [3.05, 3.63) is 0 Å². The predicted octanol–water partition coefficient (Wildman–Crippen LogP) is 0.814. The molecule has 0 saturated heterocycles. The van der Waals surface area contributed by atoms with Crippen LogP contribution in [0.15, 0.2) is 0 Å². The smallest absolute Gasteiger partial charge is 0.434 e. The topological polar surface area (TPSA) is 78.6 Å². The normalized spacial score (nSPS) is 11.9. The number of unbranched alkanes of at least 4 members (excludes halogenated alkanes) is 1. The highest BCUT2D eigenvalue weighted by Crippen LogP contribution is 1.93. The zero-order valence-electron chi connectivity index (χ0n) is 7.91. The van der Waals surface area contributed by atoms with Crippen LogP contribution in [0.5, 0.6) is 0 Å². The van der Waals surface area contributed by atoms with Gasteiger partial charge in [-0.05, 0) is 13.3 Å². The Morgan fingerprint density at radius 3 is 2.54 bits per heavy atom. The average Bonchev–Trinajstić information content (AvgIpc) is 2.04. The lowest BCUT2D eigenvalue weighted by molar-refractivity contribution is -0.140. The minimum Gasteiger partial charge on any atom is -0.434 e. The van der Waals surface area contributed by atoms with E-state index >= 15 is 0 Å². The molecule has 1 atom stereocenters. The Labute approximate surface area is 77.2 Å². The van der Waals surface area contributed by atoms with Crippen molar-refractivity contribution in [1.82, 2.24) is 0 Å². The molecule has 0 saturated carbocycles. The molecular weight excluding hydrogens is 174 g/mol. The highest BCUT2D eigenvalue weighted by molar-refractivity contribution is 5.85. The molecule has 5 heteroatoms. The van der Waals surface area contributed by atoms with Crippen molar-refractivity contribution in [1.29, 1.82) is 0 Å². The number of rotatable bonds is 4. The molecule has 13 heavy (non-hydrogen) atoms. The molecule has 0 amide bonds. The molecule has 0 rings (SSSR count). The van der Waals surface area contributed by atoms with E-state index < -0.39 is 18.2 Å². The molecule has 0 aliphatic heterocycles. The summed E-state index contributed by atoms with van der Waals surface area (Å²) in [6, 6.07) is -0.807. The highest BCUT2D eigenvalue weighted by atomic mass is 16.7. The molecule has 0 aliphatic carbocycles. The summed E-state index contributed by atoms with van der Waals surface area (Å²) < 4.78 is 8.80. The van der Waals surface area contributed by atoms with Crippen molar-refractivity contribution in [2.45, 2.75) is 32.7 Å². The van der Waals surface area contributed by atoms with E-state index in [9.17, 15) is 9.59 Å². The number of nitrogens with two attached hydrogens (primary N) is 1. The molecule has 76 valence electrons. The summed E-state index contributed by atoms with van der Waals surface area (Å²) in [5, 5.41) is 0. The second-order valence-corrected chi connectivity index (χ2v) is 2.66. The van der Waals surface area contributed by atoms with Crippen molar-refractivity contribution in [3.63, 3.8) is 0 Å². The Morgan fingerprint density at radius 1 is 1.46 bits per heavy atom. The number of esters is 1. The molecule has 0 spiro atoms. The standard InChI is InChI=1S/C8H15NO4/c1-3-4-5-12-8(11)13-7(10)6(2)9/h6H,3-5,9H2,1-2H3/t6-/m1/s1. The number of hydrogen-bond donors (Lipinski definition) is 1. The van der Waals surface area contributed by atoms with Crippen LogP contribution in [0.25, 0.3) is 0 Å². The van der Waals surface area contributed by atoms with Crippen molar-refractivity contribution in [2.75, 3.05) is 6.61 Å². The van der Waals surface area contributed by atoms with Gasteiger partial charge in [-0.15, -0.1) is 0 Å². The third-order valence-electron chi connectivity index (χ3n) is 1.27. The van der Waals surface area contributed by atoms with Crippen LogP contribution in [0.1, 0.15) is 26.7 Å². The SMILES string of the molecule is CCCCOC(=O)OC(=O)[C@@H](C)N.